The average molecular weight is 439 g/mol. The summed E-state index contributed by atoms with van der Waals surface area (Å²) in [6, 6.07) is 17.0. The fourth-order valence-corrected chi connectivity index (χ4v) is 3.97. The standard InChI is InChI=1S/C26H34N2O4/c1-3-31-25(29)21-11-15-23(16-12-21)32-24(20-7-5-4-6-8-20)17-18-27-26(30)28-22-13-9-19(2)10-14-22/h4-8,11-12,15-16,19,22,24H,3,9-10,13-14,17-18H2,1-2H3,(H2,27,28,30). The minimum Gasteiger partial charge on any atom is -0.486 e. The van der Waals surface area contributed by atoms with Crippen molar-refractivity contribution in [1.29, 1.82) is 0 Å². The number of benzene rings is 2. The minimum atomic E-state index is -0.346. The largest absolute Gasteiger partial charge is 0.486 e. The molecule has 0 aliphatic heterocycles. The molecular formula is C26H34N2O4. The lowest BCUT2D eigenvalue weighted by Gasteiger charge is -2.27. The zero-order chi connectivity index (χ0) is 22.8. The van der Waals surface area contributed by atoms with E-state index in [1.54, 1.807) is 31.2 Å². The van der Waals surface area contributed by atoms with E-state index in [0.29, 0.717) is 30.9 Å². The second-order valence-corrected chi connectivity index (χ2v) is 8.41. The molecule has 1 unspecified atom stereocenters. The van der Waals surface area contributed by atoms with Crippen LogP contribution >= 0.6 is 0 Å². The number of rotatable bonds is 9. The zero-order valence-electron chi connectivity index (χ0n) is 19.0. The molecule has 2 amide bonds. The smallest absolute Gasteiger partial charge is 0.338 e. The second kappa shape index (κ2) is 12.1. The third kappa shape index (κ3) is 7.29. The molecule has 3 rings (SSSR count). The summed E-state index contributed by atoms with van der Waals surface area (Å²) >= 11 is 0. The lowest BCUT2D eigenvalue weighted by molar-refractivity contribution is 0.0526. The Morgan fingerprint density at radius 2 is 1.69 bits per heavy atom. The summed E-state index contributed by atoms with van der Waals surface area (Å²) in [5.41, 5.74) is 1.52. The zero-order valence-corrected chi connectivity index (χ0v) is 19.0. The number of carbonyl (C=O) groups excluding carboxylic acids is 2. The van der Waals surface area contributed by atoms with Gasteiger partial charge in [-0.15, -0.1) is 0 Å². The van der Waals surface area contributed by atoms with E-state index in [0.717, 1.165) is 24.3 Å². The number of amides is 2. The van der Waals surface area contributed by atoms with Gasteiger partial charge in [0.15, 0.2) is 0 Å². The van der Waals surface area contributed by atoms with Crippen LogP contribution in [-0.2, 0) is 4.74 Å². The average Bonchev–Trinajstić information content (AvgIpc) is 2.81. The summed E-state index contributed by atoms with van der Waals surface area (Å²) in [5.74, 6) is 1.07. The number of nitrogens with one attached hydrogen (secondary N) is 2. The first kappa shape index (κ1) is 23.6. The van der Waals surface area contributed by atoms with E-state index in [-0.39, 0.29) is 24.1 Å². The highest BCUT2D eigenvalue weighted by Crippen LogP contribution is 2.25. The molecule has 32 heavy (non-hydrogen) atoms. The van der Waals surface area contributed by atoms with Crippen molar-refractivity contribution in [2.24, 2.45) is 5.92 Å². The van der Waals surface area contributed by atoms with Gasteiger partial charge < -0.3 is 20.1 Å². The van der Waals surface area contributed by atoms with Gasteiger partial charge in [0.25, 0.3) is 0 Å². The first-order valence-corrected chi connectivity index (χ1v) is 11.6. The van der Waals surface area contributed by atoms with Crippen molar-refractivity contribution >= 4 is 12.0 Å². The highest BCUT2D eigenvalue weighted by atomic mass is 16.5. The molecule has 0 heterocycles. The van der Waals surface area contributed by atoms with Gasteiger partial charge in [0.2, 0.25) is 0 Å². The van der Waals surface area contributed by atoms with Crippen LogP contribution in [0.5, 0.6) is 5.75 Å². The Morgan fingerprint density at radius 1 is 1.00 bits per heavy atom. The van der Waals surface area contributed by atoms with Gasteiger partial charge in [0, 0.05) is 19.0 Å². The summed E-state index contributed by atoms with van der Waals surface area (Å²) in [5, 5.41) is 6.07. The van der Waals surface area contributed by atoms with Crippen LogP contribution < -0.4 is 15.4 Å². The summed E-state index contributed by atoms with van der Waals surface area (Å²) in [4.78, 5) is 24.2. The molecule has 1 saturated carbocycles. The molecule has 1 fully saturated rings. The van der Waals surface area contributed by atoms with Gasteiger partial charge in [-0.05, 0) is 68.4 Å². The summed E-state index contributed by atoms with van der Waals surface area (Å²) in [6.07, 6.45) is 4.84. The van der Waals surface area contributed by atoms with Crippen LogP contribution in [0, 0.1) is 5.92 Å². The van der Waals surface area contributed by atoms with Crippen LogP contribution in [0.4, 0.5) is 4.79 Å². The van der Waals surface area contributed by atoms with Crippen molar-refractivity contribution in [2.75, 3.05) is 13.2 Å². The van der Waals surface area contributed by atoms with E-state index in [2.05, 4.69) is 17.6 Å². The van der Waals surface area contributed by atoms with E-state index in [1.807, 2.05) is 30.3 Å². The maximum absolute atomic E-state index is 12.3. The molecule has 0 radical (unpaired) electrons. The Hall–Kier alpha value is -3.02. The van der Waals surface area contributed by atoms with E-state index in [4.69, 9.17) is 9.47 Å². The molecule has 2 N–H and O–H groups in total. The monoisotopic (exact) mass is 438 g/mol. The molecule has 2 aromatic carbocycles. The topological polar surface area (TPSA) is 76.7 Å². The Bertz CT molecular complexity index is 846. The van der Waals surface area contributed by atoms with Crippen molar-refractivity contribution in [3.63, 3.8) is 0 Å². The SMILES string of the molecule is CCOC(=O)c1ccc(OC(CCNC(=O)NC2CCC(C)CC2)c2ccccc2)cc1. The summed E-state index contributed by atoms with van der Waals surface area (Å²) in [7, 11) is 0. The Kier molecular flexibility index (Phi) is 8.96. The van der Waals surface area contributed by atoms with Crippen LogP contribution in [0.3, 0.4) is 0 Å². The molecule has 0 spiro atoms. The molecule has 172 valence electrons. The van der Waals surface area contributed by atoms with Crippen molar-refractivity contribution in [3.8, 4) is 5.75 Å². The van der Waals surface area contributed by atoms with Gasteiger partial charge in [-0.3, -0.25) is 0 Å². The van der Waals surface area contributed by atoms with Crippen LogP contribution in [-0.4, -0.2) is 31.2 Å². The summed E-state index contributed by atoms with van der Waals surface area (Å²) in [6.45, 7) is 4.89. The van der Waals surface area contributed by atoms with Crippen molar-refractivity contribution in [3.05, 3.63) is 65.7 Å². The van der Waals surface area contributed by atoms with Crippen molar-refractivity contribution in [1.82, 2.24) is 10.6 Å². The van der Waals surface area contributed by atoms with Gasteiger partial charge in [-0.1, -0.05) is 37.3 Å². The first-order valence-electron chi connectivity index (χ1n) is 11.6. The molecule has 1 atom stereocenters. The molecule has 0 aromatic heterocycles. The lowest BCUT2D eigenvalue weighted by atomic mass is 9.87. The van der Waals surface area contributed by atoms with Crippen molar-refractivity contribution in [2.45, 2.75) is 58.1 Å². The number of urea groups is 1. The van der Waals surface area contributed by atoms with E-state index in [1.165, 1.54) is 12.8 Å². The van der Waals surface area contributed by atoms with Crippen LogP contribution in [0.25, 0.3) is 0 Å². The number of carbonyl (C=O) groups is 2. The van der Waals surface area contributed by atoms with Gasteiger partial charge in [0.05, 0.1) is 12.2 Å². The maximum atomic E-state index is 12.3. The third-order valence-corrected chi connectivity index (χ3v) is 5.86. The van der Waals surface area contributed by atoms with Crippen LogP contribution in [0.2, 0.25) is 0 Å². The predicted molar refractivity (Wildman–Crippen MR) is 125 cm³/mol. The minimum absolute atomic E-state index is 0.116. The first-order chi connectivity index (χ1) is 15.5. The molecule has 2 aromatic rings. The molecule has 1 aliphatic carbocycles. The fraction of sp³-hybridized carbons (Fsp3) is 0.462. The maximum Gasteiger partial charge on any atom is 0.338 e. The van der Waals surface area contributed by atoms with E-state index >= 15 is 0 Å². The van der Waals surface area contributed by atoms with E-state index < -0.39 is 0 Å². The Labute approximate surface area is 190 Å². The highest BCUT2D eigenvalue weighted by molar-refractivity contribution is 5.89. The van der Waals surface area contributed by atoms with Crippen LogP contribution in [0.15, 0.2) is 54.6 Å². The predicted octanol–water partition coefficient (Wildman–Crippen LogP) is 5.25. The highest BCUT2D eigenvalue weighted by Gasteiger charge is 2.20. The fourth-order valence-electron chi connectivity index (χ4n) is 3.97. The van der Waals surface area contributed by atoms with Gasteiger partial charge in [-0.2, -0.15) is 0 Å². The summed E-state index contributed by atoms with van der Waals surface area (Å²) < 4.78 is 11.2. The normalized spacial score (nSPS) is 18.9. The molecule has 0 saturated heterocycles. The molecule has 6 heteroatoms. The van der Waals surface area contributed by atoms with Gasteiger partial charge >= 0.3 is 12.0 Å². The van der Waals surface area contributed by atoms with Crippen molar-refractivity contribution < 1.29 is 19.1 Å². The third-order valence-electron chi connectivity index (χ3n) is 5.86. The number of esters is 1. The number of ether oxygens (including phenoxy) is 2. The number of hydrogen-bond donors (Lipinski definition) is 2. The molecule has 6 nitrogen and oxygen atoms in total. The molecule has 1 aliphatic rings. The van der Waals surface area contributed by atoms with E-state index in [9.17, 15) is 9.59 Å². The second-order valence-electron chi connectivity index (χ2n) is 8.41. The quantitative estimate of drug-likeness (QED) is 0.524. The van der Waals surface area contributed by atoms with Gasteiger partial charge in [0.1, 0.15) is 11.9 Å². The van der Waals surface area contributed by atoms with Crippen LogP contribution in [0.1, 0.15) is 68.0 Å². The number of hydrogen-bond acceptors (Lipinski definition) is 4. The molecule has 0 bridgehead atoms. The Balaban J connectivity index is 1.54. The lowest BCUT2D eigenvalue weighted by Crippen LogP contribution is -2.44. The van der Waals surface area contributed by atoms with Gasteiger partial charge in [-0.25, -0.2) is 9.59 Å². The molecular weight excluding hydrogens is 404 g/mol. The Morgan fingerprint density at radius 3 is 2.34 bits per heavy atom.